The van der Waals surface area contributed by atoms with Gasteiger partial charge < -0.3 is 4.90 Å². The maximum atomic E-state index is 12.1. The van der Waals surface area contributed by atoms with Crippen molar-refractivity contribution in [3.63, 3.8) is 0 Å². The van der Waals surface area contributed by atoms with E-state index in [2.05, 4.69) is 33.3 Å². The largest absolute Gasteiger partial charge is 0.304 e. The lowest BCUT2D eigenvalue weighted by molar-refractivity contribution is 0.0662. The number of hydrogen-bond donors (Lipinski definition) is 1. The zero-order chi connectivity index (χ0) is 13.1. The highest BCUT2D eigenvalue weighted by Gasteiger charge is 2.16. The number of hydrazine groups is 1. The van der Waals surface area contributed by atoms with Gasteiger partial charge in [0, 0.05) is 41.2 Å². The number of piperazine rings is 1. The molecule has 1 aromatic carbocycles. The van der Waals surface area contributed by atoms with Crippen LogP contribution in [0.2, 0.25) is 5.02 Å². The van der Waals surface area contributed by atoms with Gasteiger partial charge in [-0.3, -0.25) is 10.2 Å². The molecule has 18 heavy (non-hydrogen) atoms. The lowest BCUT2D eigenvalue weighted by Gasteiger charge is -2.32. The summed E-state index contributed by atoms with van der Waals surface area (Å²) in [7, 11) is 2.08. The van der Waals surface area contributed by atoms with Crippen LogP contribution in [0.4, 0.5) is 0 Å². The van der Waals surface area contributed by atoms with Crippen molar-refractivity contribution in [2.24, 2.45) is 0 Å². The maximum absolute atomic E-state index is 12.1. The van der Waals surface area contributed by atoms with Crippen molar-refractivity contribution in [1.29, 1.82) is 0 Å². The van der Waals surface area contributed by atoms with Gasteiger partial charge in [-0.2, -0.15) is 0 Å². The Morgan fingerprint density at radius 1 is 1.28 bits per heavy atom. The van der Waals surface area contributed by atoms with Crippen LogP contribution in [0.25, 0.3) is 0 Å². The molecule has 0 saturated carbocycles. The molecule has 1 heterocycles. The van der Waals surface area contributed by atoms with Crippen molar-refractivity contribution in [2.75, 3.05) is 33.2 Å². The molecule has 1 N–H and O–H groups in total. The molecule has 1 aliphatic rings. The van der Waals surface area contributed by atoms with Crippen LogP contribution >= 0.6 is 27.5 Å². The molecule has 0 bridgehead atoms. The van der Waals surface area contributed by atoms with Gasteiger partial charge in [0.2, 0.25) is 0 Å². The van der Waals surface area contributed by atoms with Gasteiger partial charge in [0.1, 0.15) is 0 Å². The van der Waals surface area contributed by atoms with Crippen LogP contribution in [0.3, 0.4) is 0 Å². The molecule has 0 aromatic heterocycles. The second kappa shape index (κ2) is 6.02. The molecule has 98 valence electrons. The maximum Gasteiger partial charge on any atom is 0.265 e. The minimum atomic E-state index is -0.122. The molecule has 1 aliphatic heterocycles. The lowest BCUT2D eigenvalue weighted by Crippen LogP contribution is -2.52. The van der Waals surface area contributed by atoms with Crippen LogP contribution in [-0.2, 0) is 0 Å². The van der Waals surface area contributed by atoms with E-state index in [-0.39, 0.29) is 5.91 Å². The van der Waals surface area contributed by atoms with E-state index in [0.717, 1.165) is 30.7 Å². The van der Waals surface area contributed by atoms with Crippen LogP contribution in [-0.4, -0.2) is 49.0 Å². The lowest BCUT2D eigenvalue weighted by atomic mass is 10.2. The van der Waals surface area contributed by atoms with Crippen molar-refractivity contribution in [3.8, 4) is 0 Å². The molecular formula is C12H15BrClN3O. The molecule has 1 saturated heterocycles. The predicted molar refractivity (Wildman–Crippen MR) is 75.7 cm³/mol. The second-order valence-electron chi connectivity index (χ2n) is 4.39. The standard InChI is InChI=1S/C12H15BrClN3O/c1-16-2-4-17(5-3-16)15-12(18)9-6-10(13)8-11(14)7-9/h6-8H,2-5H2,1H3,(H,15,18). The van der Waals surface area contributed by atoms with E-state index < -0.39 is 0 Å². The van der Waals surface area contributed by atoms with Gasteiger partial charge in [0.25, 0.3) is 5.91 Å². The summed E-state index contributed by atoms with van der Waals surface area (Å²) in [4.78, 5) is 14.3. The van der Waals surface area contributed by atoms with Crippen molar-refractivity contribution >= 4 is 33.4 Å². The summed E-state index contributed by atoms with van der Waals surface area (Å²) < 4.78 is 0.804. The molecule has 1 fully saturated rings. The first-order chi connectivity index (χ1) is 8.54. The van der Waals surface area contributed by atoms with Gasteiger partial charge in [0.05, 0.1) is 0 Å². The van der Waals surface area contributed by atoms with Gasteiger partial charge in [-0.25, -0.2) is 5.01 Å². The summed E-state index contributed by atoms with van der Waals surface area (Å²) in [5.41, 5.74) is 3.46. The number of likely N-dealkylation sites (N-methyl/N-ethyl adjacent to an activating group) is 1. The summed E-state index contributed by atoms with van der Waals surface area (Å²) in [5.74, 6) is -0.122. The third-order valence-corrected chi connectivity index (χ3v) is 3.56. The third kappa shape index (κ3) is 3.68. The van der Waals surface area contributed by atoms with E-state index in [0.29, 0.717) is 10.6 Å². The van der Waals surface area contributed by atoms with Gasteiger partial charge in [-0.15, -0.1) is 0 Å². The van der Waals surface area contributed by atoms with E-state index >= 15 is 0 Å². The topological polar surface area (TPSA) is 35.6 Å². The zero-order valence-electron chi connectivity index (χ0n) is 10.1. The van der Waals surface area contributed by atoms with Crippen molar-refractivity contribution < 1.29 is 4.79 Å². The monoisotopic (exact) mass is 331 g/mol. The molecular weight excluding hydrogens is 318 g/mol. The number of nitrogens with one attached hydrogen (secondary N) is 1. The Morgan fingerprint density at radius 3 is 2.56 bits per heavy atom. The Kier molecular flexibility index (Phi) is 4.61. The highest BCUT2D eigenvalue weighted by atomic mass is 79.9. The summed E-state index contributed by atoms with van der Waals surface area (Å²) >= 11 is 9.26. The Balaban J connectivity index is 1.99. The molecule has 0 radical (unpaired) electrons. The summed E-state index contributed by atoms with van der Waals surface area (Å²) in [6, 6.07) is 5.18. The molecule has 2 rings (SSSR count). The minimum Gasteiger partial charge on any atom is -0.304 e. The van der Waals surface area contributed by atoms with E-state index in [1.54, 1.807) is 18.2 Å². The Labute approximate surface area is 120 Å². The first-order valence-corrected chi connectivity index (χ1v) is 6.92. The average molecular weight is 333 g/mol. The van der Waals surface area contributed by atoms with Crippen LogP contribution in [0, 0.1) is 0 Å². The van der Waals surface area contributed by atoms with E-state index in [9.17, 15) is 4.79 Å². The quantitative estimate of drug-likeness (QED) is 0.900. The Bertz CT molecular complexity index is 427. The van der Waals surface area contributed by atoms with Gasteiger partial charge >= 0.3 is 0 Å². The zero-order valence-corrected chi connectivity index (χ0v) is 12.5. The number of hydrogen-bond acceptors (Lipinski definition) is 3. The molecule has 6 heteroatoms. The summed E-state index contributed by atoms with van der Waals surface area (Å²) in [5, 5.41) is 2.49. The minimum absolute atomic E-state index is 0.122. The Morgan fingerprint density at radius 2 is 1.94 bits per heavy atom. The van der Waals surface area contributed by atoms with Crippen molar-refractivity contribution in [2.45, 2.75) is 0 Å². The highest BCUT2D eigenvalue weighted by Crippen LogP contribution is 2.19. The summed E-state index contributed by atoms with van der Waals surface area (Å²) in [6.07, 6.45) is 0. The first kappa shape index (κ1) is 13.8. The van der Waals surface area contributed by atoms with Crippen LogP contribution in [0.15, 0.2) is 22.7 Å². The van der Waals surface area contributed by atoms with Crippen molar-refractivity contribution in [3.05, 3.63) is 33.3 Å². The van der Waals surface area contributed by atoms with Gasteiger partial charge in [-0.05, 0) is 25.2 Å². The smallest absolute Gasteiger partial charge is 0.265 e. The molecule has 0 atom stereocenters. The van der Waals surface area contributed by atoms with Gasteiger partial charge in [-0.1, -0.05) is 27.5 Å². The number of nitrogens with zero attached hydrogens (tertiary/aromatic N) is 2. The molecule has 0 spiro atoms. The molecule has 0 aliphatic carbocycles. The number of carbonyl (C=O) groups is 1. The van der Waals surface area contributed by atoms with Crippen molar-refractivity contribution in [1.82, 2.24) is 15.3 Å². The number of halogens is 2. The van der Waals surface area contributed by atoms with Crippen LogP contribution in [0.5, 0.6) is 0 Å². The SMILES string of the molecule is CN1CCN(NC(=O)c2cc(Cl)cc(Br)c2)CC1. The molecule has 0 unspecified atom stereocenters. The average Bonchev–Trinajstić information content (AvgIpc) is 2.31. The fraction of sp³-hybridized carbons (Fsp3) is 0.417. The number of rotatable bonds is 2. The molecule has 1 amide bonds. The normalized spacial score (nSPS) is 17.7. The van der Waals surface area contributed by atoms with E-state index in [1.807, 2.05) is 5.01 Å². The third-order valence-electron chi connectivity index (χ3n) is 2.89. The van der Waals surface area contributed by atoms with Gasteiger partial charge in [0.15, 0.2) is 0 Å². The number of benzene rings is 1. The fourth-order valence-corrected chi connectivity index (χ4v) is 2.67. The Hall–Kier alpha value is -0.620. The number of carbonyl (C=O) groups excluding carboxylic acids is 1. The molecule has 1 aromatic rings. The van der Waals surface area contributed by atoms with Crippen LogP contribution < -0.4 is 5.43 Å². The molecule has 4 nitrogen and oxygen atoms in total. The summed E-state index contributed by atoms with van der Waals surface area (Å²) in [6.45, 7) is 3.59. The van der Waals surface area contributed by atoms with E-state index in [4.69, 9.17) is 11.6 Å². The van der Waals surface area contributed by atoms with E-state index in [1.165, 1.54) is 0 Å². The second-order valence-corrected chi connectivity index (χ2v) is 5.74. The van der Waals surface area contributed by atoms with Crippen LogP contribution in [0.1, 0.15) is 10.4 Å². The predicted octanol–water partition coefficient (Wildman–Crippen LogP) is 1.99. The first-order valence-electron chi connectivity index (χ1n) is 5.75. The highest BCUT2D eigenvalue weighted by molar-refractivity contribution is 9.10. The fourth-order valence-electron chi connectivity index (χ4n) is 1.81. The number of amides is 1.